The molecule has 2 fully saturated rings. The number of rotatable bonds is 2. The van der Waals surface area contributed by atoms with Crippen LogP contribution in [0.5, 0.6) is 0 Å². The van der Waals surface area contributed by atoms with Gasteiger partial charge in [-0.3, -0.25) is 4.79 Å². The highest BCUT2D eigenvalue weighted by atomic mass is 19.3. The Morgan fingerprint density at radius 2 is 1.86 bits per heavy atom. The number of hydrogen-bond acceptors (Lipinski definition) is 2. The van der Waals surface area contributed by atoms with Crippen LogP contribution in [0.2, 0.25) is 0 Å². The van der Waals surface area contributed by atoms with Crippen molar-refractivity contribution in [2.75, 3.05) is 0 Å². The van der Waals surface area contributed by atoms with Crippen LogP contribution in [0, 0.1) is 0 Å². The molecule has 2 rings (SSSR count). The number of carbonyl (C=O) groups is 1. The number of amides is 1. The molecule has 2 atom stereocenters. The third kappa shape index (κ3) is 2.03. The van der Waals surface area contributed by atoms with Crippen LogP contribution in [-0.4, -0.2) is 30.5 Å². The van der Waals surface area contributed by atoms with E-state index >= 15 is 0 Å². The summed E-state index contributed by atoms with van der Waals surface area (Å²) in [5.41, 5.74) is 0. The lowest BCUT2D eigenvalue weighted by molar-refractivity contribution is -0.132. The lowest BCUT2D eigenvalue weighted by Crippen LogP contribution is -2.49. The molecule has 0 aromatic rings. The van der Waals surface area contributed by atoms with Crippen molar-refractivity contribution in [3.63, 3.8) is 0 Å². The maximum atomic E-state index is 12.0. The van der Waals surface area contributed by atoms with Gasteiger partial charge in [0.05, 0.1) is 0 Å². The molecular formula is C9H14F2N2O. The van der Waals surface area contributed by atoms with E-state index in [2.05, 4.69) is 10.6 Å². The Balaban J connectivity index is 1.85. The molecule has 0 spiro atoms. The highest BCUT2D eigenvalue weighted by Gasteiger charge is 2.34. The van der Waals surface area contributed by atoms with Crippen LogP contribution < -0.4 is 10.6 Å². The highest BCUT2D eigenvalue weighted by Crippen LogP contribution is 2.26. The second-order valence-corrected chi connectivity index (χ2v) is 4.12. The van der Waals surface area contributed by atoms with Gasteiger partial charge < -0.3 is 10.6 Å². The average molecular weight is 204 g/mol. The van der Waals surface area contributed by atoms with Crippen LogP contribution in [0.1, 0.15) is 25.7 Å². The second-order valence-electron chi connectivity index (χ2n) is 4.12. The Bertz CT molecular complexity index is 223. The predicted molar refractivity (Wildman–Crippen MR) is 47.1 cm³/mol. The van der Waals surface area contributed by atoms with E-state index in [1.807, 2.05) is 0 Å². The molecule has 2 saturated heterocycles. The Labute approximate surface area is 81.2 Å². The minimum atomic E-state index is -2.89. The maximum absolute atomic E-state index is 12.0. The molecule has 0 saturated carbocycles. The molecule has 2 heterocycles. The molecule has 2 aliphatic rings. The summed E-state index contributed by atoms with van der Waals surface area (Å²) in [4.78, 5) is 10.8. The van der Waals surface area contributed by atoms with Gasteiger partial charge in [-0.1, -0.05) is 0 Å². The fourth-order valence-corrected chi connectivity index (χ4v) is 2.44. The van der Waals surface area contributed by atoms with Crippen molar-refractivity contribution in [1.82, 2.24) is 10.6 Å². The molecule has 2 aliphatic heterocycles. The quantitative estimate of drug-likeness (QED) is 0.693. The van der Waals surface area contributed by atoms with E-state index in [1.54, 1.807) is 0 Å². The van der Waals surface area contributed by atoms with Gasteiger partial charge in [-0.25, -0.2) is 0 Å². The summed E-state index contributed by atoms with van der Waals surface area (Å²) in [7, 11) is 0. The number of fused-ring (bicyclic) bond motifs is 2. The van der Waals surface area contributed by atoms with Gasteiger partial charge in [0.2, 0.25) is 0 Å². The van der Waals surface area contributed by atoms with Crippen molar-refractivity contribution in [3.8, 4) is 0 Å². The van der Waals surface area contributed by atoms with Crippen LogP contribution in [0.15, 0.2) is 0 Å². The SMILES string of the molecule is O=C(NC1CC2CCC(C1)N2)C(F)F. The first kappa shape index (κ1) is 9.83. The van der Waals surface area contributed by atoms with Crippen molar-refractivity contribution < 1.29 is 13.6 Å². The monoisotopic (exact) mass is 204 g/mol. The number of hydrogen-bond donors (Lipinski definition) is 2. The molecule has 5 heteroatoms. The zero-order valence-corrected chi connectivity index (χ0v) is 7.80. The smallest absolute Gasteiger partial charge is 0.315 e. The molecule has 0 aromatic carbocycles. The fourth-order valence-electron chi connectivity index (χ4n) is 2.44. The minimum absolute atomic E-state index is 0.0600. The van der Waals surface area contributed by atoms with Crippen LogP contribution in [0.3, 0.4) is 0 Å². The molecule has 0 aliphatic carbocycles. The average Bonchev–Trinajstić information content (AvgIpc) is 2.45. The number of nitrogens with one attached hydrogen (secondary N) is 2. The number of piperidine rings is 1. The Morgan fingerprint density at radius 3 is 2.36 bits per heavy atom. The summed E-state index contributed by atoms with van der Waals surface area (Å²) in [6, 6.07) is 0.767. The van der Waals surface area contributed by atoms with Gasteiger partial charge in [-0.15, -0.1) is 0 Å². The molecular weight excluding hydrogens is 190 g/mol. The molecule has 2 unspecified atom stereocenters. The van der Waals surface area contributed by atoms with Gasteiger partial charge >= 0.3 is 6.43 Å². The third-order valence-corrected chi connectivity index (χ3v) is 3.02. The summed E-state index contributed by atoms with van der Waals surface area (Å²) in [5.74, 6) is -1.13. The molecule has 3 nitrogen and oxygen atoms in total. The summed E-state index contributed by atoms with van der Waals surface area (Å²) in [6.45, 7) is 0. The predicted octanol–water partition coefficient (Wildman–Crippen LogP) is 0.651. The number of halogens is 2. The van der Waals surface area contributed by atoms with Crippen molar-refractivity contribution >= 4 is 5.91 Å². The van der Waals surface area contributed by atoms with Crippen LogP contribution >= 0.6 is 0 Å². The van der Waals surface area contributed by atoms with Crippen molar-refractivity contribution in [3.05, 3.63) is 0 Å². The molecule has 1 amide bonds. The number of carbonyl (C=O) groups excluding carboxylic acids is 1. The zero-order chi connectivity index (χ0) is 10.1. The Hall–Kier alpha value is -0.710. The topological polar surface area (TPSA) is 41.1 Å². The Morgan fingerprint density at radius 1 is 1.29 bits per heavy atom. The van der Waals surface area contributed by atoms with E-state index in [1.165, 1.54) is 0 Å². The molecule has 14 heavy (non-hydrogen) atoms. The second kappa shape index (κ2) is 3.81. The molecule has 80 valence electrons. The van der Waals surface area contributed by atoms with E-state index in [0.29, 0.717) is 12.1 Å². The third-order valence-electron chi connectivity index (χ3n) is 3.02. The molecule has 2 bridgehead atoms. The first-order valence-corrected chi connectivity index (χ1v) is 4.99. The molecule has 2 N–H and O–H groups in total. The minimum Gasteiger partial charge on any atom is -0.348 e. The van der Waals surface area contributed by atoms with E-state index in [0.717, 1.165) is 25.7 Å². The fraction of sp³-hybridized carbons (Fsp3) is 0.889. The van der Waals surface area contributed by atoms with Crippen molar-refractivity contribution in [2.24, 2.45) is 0 Å². The van der Waals surface area contributed by atoms with Crippen LogP contribution in [0.25, 0.3) is 0 Å². The summed E-state index contributed by atoms with van der Waals surface area (Å²) < 4.78 is 23.9. The summed E-state index contributed by atoms with van der Waals surface area (Å²) in [5, 5.41) is 5.77. The van der Waals surface area contributed by atoms with Gasteiger partial charge in [0.25, 0.3) is 5.91 Å². The van der Waals surface area contributed by atoms with E-state index in [9.17, 15) is 13.6 Å². The summed E-state index contributed by atoms with van der Waals surface area (Å²) in [6.07, 6.45) is 0.893. The first-order valence-electron chi connectivity index (χ1n) is 4.99. The van der Waals surface area contributed by atoms with Gasteiger partial charge in [0.15, 0.2) is 0 Å². The zero-order valence-electron chi connectivity index (χ0n) is 7.80. The van der Waals surface area contributed by atoms with Crippen LogP contribution in [-0.2, 0) is 4.79 Å². The normalized spacial score (nSPS) is 36.1. The molecule has 0 radical (unpaired) electrons. The number of alkyl halides is 2. The van der Waals surface area contributed by atoms with E-state index in [-0.39, 0.29) is 6.04 Å². The van der Waals surface area contributed by atoms with Gasteiger partial charge in [0, 0.05) is 18.1 Å². The first-order chi connectivity index (χ1) is 6.65. The van der Waals surface area contributed by atoms with Crippen molar-refractivity contribution in [2.45, 2.75) is 50.2 Å². The maximum Gasteiger partial charge on any atom is 0.315 e. The van der Waals surface area contributed by atoms with Gasteiger partial charge in [-0.05, 0) is 25.7 Å². The standard InChI is InChI=1S/C9H14F2N2O/c10-8(11)9(14)13-7-3-5-1-2-6(4-7)12-5/h5-8,12H,1-4H2,(H,13,14). The van der Waals surface area contributed by atoms with Gasteiger partial charge in [-0.2, -0.15) is 8.78 Å². The lowest BCUT2D eigenvalue weighted by Gasteiger charge is -2.29. The van der Waals surface area contributed by atoms with Crippen molar-refractivity contribution in [1.29, 1.82) is 0 Å². The van der Waals surface area contributed by atoms with E-state index in [4.69, 9.17) is 0 Å². The van der Waals surface area contributed by atoms with Crippen LogP contribution in [0.4, 0.5) is 8.78 Å². The molecule has 0 aromatic heterocycles. The van der Waals surface area contributed by atoms with E-state index < -0.39 is 12.3 Å². The Kier molecular flexibility index (Phi) is 2.67. The van der Waals surface area contributed by atoms with Gasteiger partial charge in [0.1, 0.15) is 0 Å². The lowest BCUT2D eigenvalue weighted by atomic mass is 10.00. The largest absolute Gasteiger partial charge is 0.348 e. The summed E-state index contributed by atoms with van der Waals surface area (Å²) >= 11 is 0. The highest BCUT2D eigenvalue weighted by molar-refractivity contribution is 5.79.